The largest absolute Gasteiger partial charge is 0.478 e. The number of amides is 2. The molecule has 2 amide bonds. The van der Waals surface area contributed by atoms with Gasteiger partial charge in [0.2, 0.25) is 0 Å². The van der Waals surface area contributed by atoms with E-state index >= 15 is 0 Å². The van der Waals surface area contributed by atoms with E-state index in [-0.39, 0.29) is 50.8 Å². The van der Waals surface area contributed by atoms with Crippen molar-refractivity contribution in [2.24, 2.45) is 0 Å². The molecule has 8 aromatic rings. The highest BCUT2D eigenvalue weighted by molar-refractivity contribution is 6.31. The fourth-order valence-corrected chi connectivity index (χ4v) is 9.65. The van der Waals surface area contributed by atoms with E-state index in [0.29, 0.717) is 85.0 Å². The van der Waals surface area contributed by atoms with Crippen LogP contribution in [0.25, 0.3) is 11.0 Å². The Morgan fingerprint density at radius 2 is 0.837 bits per heavy atom. The highest BCUT2D eigenvalue weighted by atomic mass is 35.5. The zero-order chi connectivity index (χ0) is 60.1. The predicted octanol–water partition coefficient (Wildman–Crippen LogP) is 11.3. The molecule has 3 aliphatic rings. The molecule has 0 radical (unpaired) electrons. The van der Waals surface area contributed by atoms with E-state index in [1.54, 1.807) is 94.7 Å². The summed E-state index contributed by atoms with van der Waals surface area (Å²) in [5.74, 6) is -1.78. The van der Waals surface area contributed by atoms with Gasteiger partial charge in [0.1, 0.15) is 24.2 Å². The molecule has 0 atom stereocenters. The van der Waals surface area contributed by atoms with Gasteiger partial charge in [0.25, 0.3) is 0 Å². The number of carbonyl (C=O) groups is 5. The van der Waals surface area contributed by atoms with Crippen molar-refractivity contribution in [2.45, 2.75) is 33.7 Å². The molecule has 3 fully saturated rings. The lowest BCUT2D eigenvalue weighted by Gasteiger charge is -2.35. The molecule has 5 N–H and O–H groups in total. The molecule has 3 aliphatic heterocycles. The van der Waals surface area contributed by atoms with Crippen molar-refractivity contribution in [1.82, 2.24) is 30.5 Å². The molecule has 450 valence electrons. The van der Waals surface area contributed by atoms with E-state index in [0.717, 1.165) is 76.5 Å². The number of aromatic nitrogens is 3. The summed E-state index contributed by atoms with van der Waals surface area (Å²) in [4.78, 5) is 69.3. The van der Waals surface area contributed by atoms with Gasteiger partial charge in [-0.1, -0.05) is 109 Å². The molecule has 1 aromatic heterocycles. The molecule has 0 bridgehead atoms. The van der Waals surface area contributed by atoms with Gasteiger partial charge < -0.3 is 54.6 Å². The number of aromatic amines is 1. The fraction of sp³-hybridized carbons (Fsp3) is 0.266. The summed E-state index contributed by atoms with van der Waals surface area (Å²) in [7, 11) is 0. The number of rotatable bonds is 13. The zero-order valence-corrected chi connectivity index (χ0v) is 48.6. The van der Waals surface area contributed by atoms with Gasteiger partial charge in [0, 0.05) is 123 Å². The van der Waals surface area contributed by atoms with Gasteiger partial charge in [-0.3, -0.25) is 4.79 Å². The van der Waals surface area contributed by atoms with Crippen LogP contribution in [0.15, 0.2) is 164 Å². The third kappa shape index (κ3) is 19.4. The highest BCUT2D eigenvalue weighted by Crippen LogP contribution is 2.23. The van der Waals surface area contributed by atoms with E-state index in [2.05, 4.69) is 35.4 Å². The summed E-state index contributed by atoms with van der Waals surface area (Å²) in [6, 6.07) is 48.7. The summed E-state index contributed by atoms with van der Waals surface area (Å²) < 4.78 is 10.8. The van der Waals surface area contributed by atoms with Crippen molar-refractivity contribution >= 4 is 92.8 Å². The summed E-state index contributed by atoms with van der Waals surface area (Å²) in [5.41, 5.74) is 9.16. The Hall–Kier alpha value is -8.72. The summed E-state index contributed by atoms with van der Waals surface area (Å²) in [6.07, 6.45) is -0.383. The number of aliphatic hydroxyl groups excluding tert-OH is 1. The second-order valence-corrected chi connectivity index (χ2v) is 21.1. The standard InChI is InChI=1S/C26H24ClN5O3.C19H19ClN2O4.C11H14N2O2.C7H7ClO.CH4/c27-21-7-4-18(5-8-21)17-35-26(34)32-12-10-31(11-13-32)22-3-1-2-20(16-22)25(33)15-19-6-9-23-24(14-19)29-30-28-23;20-16-6-4-14(5-7-16)13-26-19(25)22-10-8-21(9-11-22)17-3-1-2-15(12-17)18(23)24;14-11(15)9-2-1-3-10(8-9)13-6-4-12-5-7-13;8-7-3-1-6(5-9)2-4-7;/h1-9,14,16H,10-13,15,17H2,(H,28,29,30);1-7,12H,8-11,13H2,(H,23,24);1-3,8,12H,4-7H2,(H,14,15);1-4,9H,5H2;1H4. The lowest BCUT2D eigenvalue weighted by Crippen LogP contribution is -2.49. The van der Waals surface area contributed by atoms with Crippen molar-refractivity contribution in [1.29, 1.82) is 0 Å². The van der Waals surface area contributed by atoms with Crippen molar-refractivity contribution in [3.05, 3.63) is 218 Å². The van der Waals surface area contributed by atoms with Gasteiger partial charge in [-0.25, -0.2) is 19.2 Å². The van der Waals surface area contributed by atoms with E-state index < -0.39 is 11.9 Å². The Balaban J connectivity index is 0.000000181. The minimum Gasteiger partial charge on any atom is -0.478 e. The first kappa shape index (κ1) is 64.8. The number of halogens is 3. The van der Waals surface area contributed by atoms with E-state index in [9.17, 15) is 24.0 Å². The first-order chi connectivity index (χ1) is 41.2. The van der Waals surface area contributed by atoms with Crippen LogP contribution in [0.2, 0.25) is 15.1 Å². The van der Waals surface area contributed by atoms with Crippen molar-refractivity contribution in [3.63, 3.8) is 0 Å². The smallest absolute Gasteiger partial charge is 0.410 e. The maximum absolute atomic E-state index is 12.9. The van der Waals surface area contributed by atoms with E-state index in [1.807, 2.05) is 78.9 Å². The Bertz CT molecular complexity index is 3500. The lowest BCUT2D eigenvalue weighted by molar-refractivity contribution is 0.0686. The van der Waals surface area contributed by atoms with Gasteiger partial charge in [-0.05, 0) is 119 Å². The van der Waals surface area contributed by atoms with Crippen LogP contribution in [-0.2, 0) is 35.7 Å². The summed E-state index contributed by atoms with van der Waals surface area (Å²) in [5, 5.41) is 42.5. The number of ketones is 1. The number of carboxylic acid groups (broad SMARTS) is 2. The van der Waals surface area contributed by atoms with Gasteiger partial charge in [-0.2, -0.15) is 15.4 Å². The quantitative estimate of drug-likeness (QED) is 0.0675. The van der Waals surface area contributed by atoms with E-state index in [4.69, 9.17) is 59.6 Å². The number of fused-ring (bicyclic) bond motifs is 1. The number of nitrogens with zero attached hydrogens (tertiary/aromatic N) is 7. The molecule has 19 nitrogen and oxygen atoms in total. The minimum atomic E-state index is -0.948. The molecule has 0 spiro atoms. The third-order valence-electron chi connectivity index (χ3n) is 14.0. The van der Waals surface area contributed by atoms with Crippen LogP contribution in [0.3, 0.4) is 0 Å². The molecule has 0 unspecified atom stereocenters. The number of carbonyl (C=O) groups excluding carboxylic acids is 3. The van der Waals surface area contributed by atoms with Crippen LogP contribution in [-0.4, -0.2) is 149 Å². The number of Topliss-reactive ketones (excluding diaryl/α,β-unsaturated/α-hetero) is 1. The number of ether oxygens (including phenoxy) is 2. The molecule has 22 heteroatoms. The fourth-order valence-electron chi connectivity index (χ4n) is 9.27. The van der Waals surface area contributed by atoms with Crippen LogP contribution < -0.4 is 20.0 Å². The van der Waals surface area contributed by atoms with Gasteiger partial charge in [0.15, 0.2) is 5.78 Å². The van der Waals surface area contributed by atoms with Crippen LogP contribution >= 0.6 is 34.8 Å². The number of benzene rings is 7. The average molecular weight is 1230 g/mol. The molecule has 7 aromatic carbocycles. The molecular formula is C64H68Cl3N9O10. The van der Waals surface area contributed by atoms with Crippen LogP contribution in [0, 0.1) is 0 Å². The Morgan fingerprint density at radius 3 is 1.27 bits per heavy atom. The maximum Gasteiger partial charge on any atom is 0.410 e. The highest BCUT2D eigenvalue weighted by Gasteiger charge is 2.25. The van der Waals surface area contributed by atoms with Crippen LogP contribution in [0.4, 0.5) is 26.7 Å². The first-order valence-corrected chi connectivity index (χ1v) is 28.5. The second kappa shape index (κ2) is 32.5. The van der Waals surface area contributed by atoms with Crippen LogP contribution in [0.1, 0.15) is 60.8 Å². The number of H-pyrrole nitrogens is 1. The van der Waals surface area contributed by atoms with Crippen LogP contribution in [0.5, 0.6) is 0 Å². The third-order valence-corrected chi connectivity index (χ3v) is 14.8. The second-order valence-electron chi connectivity index (χ2n) is 19.8. The molecule has 86 heavy (non-hydrogen) atoms. The van der Waals surface area contributed by atoms with Gasteiger partial charge >= 0.3 is 24.1 Å². The summed E-state index contributed by atoms with van der Waals surface area (Å²) >= 11 is 17.3. The van der Waals surface area contributed by atoms with Crippen molar-refractivity contribution in [2.75, 3.05) is 93.2 Å². The Kier molecular flexibility index (Phi) is 24.5. The number of piperazine rings is 3. The minimum absolute atomic E-state index is 0. The predicted molar refractivity (Wildman–Crippen MR) is 335 cm³/mol. The molecule has 0 saturated carbocycles. The number of hydrogen-bond donors (Lipinski definition) is 5. The first-order valence-electron chi connectivity index (χ1n) is 27.4. The topological polar surface area (TPSA) is 234 Å². The van der Waals surface area contributed by atoms with Gasteiger partial charge in [0.05, 0.1) is 17.7 Å². The average Bonchev–Trinajstić information content (AvgIpc) is 4.11. The normalized spacial score (nSPS) is 13.7. The molecular weight excluding hydrogens is 1160 g/mol. The zero-order valence-electron chi connectivity index (χ0n) is 46.4. The molecule has 4 heterocycles. The number of aliphatic hydroxyl groups is 1. The number of hydrogen-bond acceptors (Lipinski definition) is 14. The molecule has 11 rings (SSSR count). The van der Waals surface area contributed by atoms with E-state index in [1.165, 1.54) is 0 Å². The Morgan fingerprint density at radius 1 is 0.453 bits per heavy atom. The monoisotopic (exact) mass is 1230 g/mol. The number of nitrogens with one attached hydrogen (secondary N) is 2. The van der Waals surface area contributed by atoms with Gasteiger partial charge in [-0.15, -0.1) is 0 Å². The van der Waals surface area contributed by atoms with Crippen molar-refractivity contribution < 1.29 is 48.8 Å². The molecule has 0 aliphatic carbocycles. The summed E-state index contributed by atoms with van der Waals surface area (Å²) in [6.45, 7) is 9.00. The number of carboxylic acids is 2. The molecule has 3 saturated heterocycles. The Labute approximate surface area is 514 Å². The SMILES string of the molecule is C.O=C(Cc1ccc2n[nH]nc2c1)c1cccc(N2CCN(C(=O)OCc3ccc(Cl)cc3)CC2)c1.O=C(O)c1cccc(N2CCN(C(=O)OCc3ccc(Cl)cc3)CC2)c1.O=C(O)c1cccc(N2CCNCC2)c1.OCc1ccc(Cl)cc1. The number of aromatic carboxylic acids is 2. The maximum atomic E-state index is 12.9. The van der Waals surface area contributed by atoms with Crippen molar-refractivity contribution in [3.8, 4) is 0 Å². The lowest BCUT2D eigenvalue weighted by atomic mass is 10.0. The number of anilines is 3.